The van der Waals surface area contributed by atoms with Gasteiger partial charge in [-0.15, -0.1) is 0 Å². The van der Waals surface area contributed by atoms with Crippen LogP contribution < -0.4 is 10.1 Å². The molecule has 1 heterocycles. The zero-order valence-corrected chi connectivity index (χ0v) is 13.7. The number of nitrogens with one attached hydrogen (secondary N) is 1. The van der Waals surface area contributed by atoms with Gasteiger partial charge in [0, 0.05) is 18.0 Å². The molecular formula is C18H27NO2. The van der Waals surface area contributed by atoms with Crippen LogP contribution in [0.5, 0.6) is 5.75 Å². The number of carbonyl (C=O) groups is 1. The number of ether oxygens (including phenoxy) is 1. The summed E-state index contributed by atoms with van der Waals surface area (Å²) in [6.45, 7) is 10.8. The molecular weight excluding hydrogens is 262 g/mol. The van der Waals surface area contributed by atoms with Crippen LogP contribution in [0.2, 0.25) is 0 Å². The summed E-state index contributed by atoms with van der Waals surface area (Å²) in [6, 6.07) is 2.03. The highest BCUT2D eigenvalue weighted by Gasteiger charge is 2.26. The number of benzene rings is 1. The normalized spacial score (nSPS) is 18.6. The van der Waals surface area contributed by atoms with Crippen molar-refractivity contribution in [2.24, 2.45) is 5.92 Å². The maximum Gasteiger partial charge on any atom is 0.167 e. The van der Waals surface area contributed by atoms with Crippen molar-refractivity contribution in [3.8, 4) is 5.75 Å². The molecule has 1 unspecified atom stereocenters. The van der Waals surface area contributed by atoms with Crippen molar-refractivity contribution in [2.75, 3.05) is 19.7 Å². The van der Waals surface area contributed by atoms with E-state index in [1.807, 2.05) is 19.9 Å². The van der Waals surface area contributed by atoms with Crippen LogP contribution in [0.3, 0.4) is 0 Å². The lowest BCUT2D eigenvalue weighted by Crippen LogP contribution is -2.35. The van der Waals surface area contributed by atoms with Gasteiger partial charge in [-0.25, -0.2) is 0 Å². The molecule has 116 valence electrons. The first kappa shape index (κ1) is 16.0. The van der Waals surface area contributed by atoms with Crippen LogP contribution in [0, 0.1) is 26.7 Å². The molecule has 3 heteroatoms. The SMILES string of the molecule is CCCOc1cc(C)c(C(=O)C2CCCNC2)c(C)c1C. The van der Waals surface area contributed by atoms with Gasteiger partial charge in [-0.1, -0.05) is 6.92 Å². The third kappa shape index (κ3) is 3.46. The van der Waals surface area contributed by atoms with Crippen LogP contribution in [-0.2, 0) is 0 Å². The second-order valence-electron chi connectivity index (χ2n) is 6.07. The number of Topliss-reactive ketones (excluding diaryl/α,β-unsaturated/α-hetero) is 1. The summed E-state index contributed by atoms with van der Waals surface area (Å²) in [5.74, 6) is 1.34. The molecule has 1 fully saturated rings. The molecule has 1 atom stereocenters. The van der Waals surface area contributed by atoms with Gasteiger partial charge in [-0.05, 0) is 69.3 Å². The summed E-state index contributed by atoms with van der Waals surface area (Å²) in [5.41, 5.74) is 4.13. The molecule has 1 N–H and O–H groups in total. The minimum atomic E-state index is 0.123. The quantitative estimate of drug-likeness (QED) is 0.842. The van der Waals surface area contributed by atoms with E-state index in [0.717, 1.165) is 67.0 Å². The van der Waals surface area contributed by atoms with Crippen LogP contribution in [0.4, 0.5) is 0 Å². The molecule has 0 spiro atoms. The number of hydrogen-bond donors (Lipinski definition) is 1. The Bertz CT molecular complexity index is 516. The van der Waals surface area contributed by atoms with E-state index in [0.29, 0.717) is 5.78 Å². The third-order valence-electron chi connectivity index (χ3n) is 4.42. The van der Waals surface area contributed by atoms with Crippen molar-refractivity contribution in [1.82, 2.24) is 5.32 Å². The molecule has 0 amide bonds. The molecule has 0 aliphatic carbocycles. The average Bonchev–Trinajstić information content (AvgIpc) is 2.50. The van der Waals surface area contributed by atoms with Gasteiger partial charge in [0.25, 0.3) is 0 Å². The van der Waals surface area contributed by atoms with Gasteiger partial charge < -0.3 is 10.1 Å². The molecule has 1 aromatic carbocycles. The lowest BCUT2D eigenvalue weighted by atomic mass is 9.85. The first-order valence-corrected chi connectivity index (χ1v) is 8.04. The highest BCUT2D eigenvalue weighted by molar-refractivity contribution is 6.01. The van der Waals surface area contributed by atoms with Crippen molar-refractivity contribution < 1.29 is 9.53 Å². The van der Waals surface area contributed by atoms with E-state index in [1.54, 1.807) is 0 Å². The Morgan fingerprint density at radius 2 is 2.10 bits per heavy atom. The van der Waals surface area contributed by atoms with E-state index in [-0.39, 0.29) is 5.92 Å². The minimum absolute atomic E-state index is 0.123. The van der Waals surface area contributed by atoms with Gasteiger partial charge >= 0.3 is 0 Å². The molecule has 1 aliphatic rings. The average molecular weight is 289 g/mol. The zero-order valence-electron chi connectivity index (χ0n) is 13.7. The summed E-state index contributed by atoms with van der Waals surface area (Å²) in [7, 11) is 0. The monoisotopic (exact) mass is 289 g/mol. The number of aryl methyl sites for hydroxylation is 1. The second kappa shape index (κ2) is 7.08. The molecule has 0 bridgehead atoms. The van der Waals surface area contributed by atoms with E-state index in [2.05, 4.69) is 19.2 Å². The number of ketones is 1. The fourth-order valence-electron chi connectivity index (χ4n) is 3.07. The Morgan fingerprint density at radius 3 is 2.71 bits per heavy atom. The predicted molar refractivity (Wildman–Crippen MR) is 86.4 cm³/mol. The maximum absolute atomic E-state index is 12.8. The fraction of sp³-hybridized carbons (Fsp3) is 0.611. The summed E-state index contributed by atoms with van der Waals surface area (Å²) >= 11 is 0. The maximum atomic E-state index is 12.8. The summed E-state index contributed by atoms with van der Waals surface area (Å²) < 4.78 is 5.80. The minimum Gasteiger partial charge on any atom is -0.493 e. The van der Waals surface area contributed by atoms with Crippen molar-refractivity contribution in [1.29, 1.82) is 0 Å². The number of rotatable bonds is 5. The van der Waals surface area contributed by atoms with E-state index < -0.39 is 0 Å². The summed E-state index contributed by atoms with van der Waals surface area (Å²) in [5, 5.41) is 3.33. The molecule has 0 radical (unpaired) electrons. The Labute approximate surface area is 128 Å². The molecule has 0 saturated carbocycles. The smallest absolute Gasteiger partial charge is 0.167 e. The predicted octanol–water partition coefficient (Wildman–Crippen LogP) is 3.58. The number of hydrogen-bond acceptors (Lipinski definition) is 3. The van der Waals surface area contributed by atoms with E-state index >= 15 is 0 Å². The lowest BCUT2D eigenvalue weighted by molar-refractivity contribution is 0.0898. The number of piperidine rings is 1. The van der Waals surface area contributed by atoms with Crippen LogP contribution in [-0.4, -0.2) is 25.5 Å². The van der Waals surface area contributed by atoms with Crippen LogP contribution in [0.15, 0.2) is 6.07 Å². The largest absolute Gasteiger partial charge is 0.493 e. The van der Waals surface area contributed by atoms with Gasteiger partial charge in [0.1, 0.15) is 5.75 Å². The highest BCUT2D eigenvalue weighted by Crippen LogP contribution is 2.30. The fourth-order valence-corrected chi connectivity index (χ4v) is 3.07. The van der Waals surface area contributed by atoms with Gasteiger partial charge in [0.15, 0.2) is 5.78 Å². The zero-order chi connectivity index (χ0) is 15.4. The van der Waals surface area contributed by atoms with Crippen LogP contribution in [0.1, 0.15) is 53.2 Å². The lowest BCUT2D eigenvalue weighted by Gasteiger charge is -2.24. The summed E-state index contributed by atoms with van der Waals surface area (Å²) in [4.78, 5) is 12.8. The van der Waals surface area contributed by atoms with Gasteiger partial charge in [-0.3, -0.25) is 4.79 Å². The van der Waals surface area contributed by atoms with Gasteiger partial charge in [0.05, 0.1) is 6.61 Å². The molecule has 0 aromatic heterocycles. The molecule has 3 nitrogen and oxygen atoms in total. The van der Waals surface area contributed by atoms with Gasteiger partial charge in [0.2, 0.25) is 0 Å². The Hall–Kier alpha value is -1.35. The van der Waals surface area contributed by atoms with Gasteiger partial charge in [-0.2, -0.15) is 0 Å². The van der Waals surface area contributed by atoms with Crippen molar-refractivity contribution in [3.63, 3.8) is 0 Å². The first-order chi connectivity index (χ1) is 10.1. The topological polar surface area (TPSA) is 38.3 Å². The molecule has 21 heavy (non-hydrogen) atoms. The number of carbonyl (C=O) groups excluding carboxylic acids is 1. The van der Waals surface area contributed by atoms with E-state index in [4.69, 9.17) is 4.74 Å². The molecule has 2 rings (SSSR count). The molecule has 1 aromatic rings. The molecule has 1 saturated heterocycles. The Kier molecular flexibility index (Phi) is 5.40. The highest BCUT2D eigenvalue weighted by atomic mass is 16.5. The standard InChI is InChI=1S/C18H27NO2/c1-5-9-21-16-10-12(2)17(14(4)13(16)3)18(20)15-7-6-8-19-11-15/h10,15,19H,5-9,11H2,1-4H3. The van der Waals surface area contributed by atoms with Crippen molar-refractivity contribution >= 4 is 5.78 Å². The van der Waals surface area contributed by atoms with Crippen LogP contribution in [0.25, 0.3) is 0 Å². The second-order valence-corrected chi connectivity index (χ2v) is 6.07. The van der Waals surface area contributed by atoms with Crippen LogP contribution >= 0.6 is 0 Å². The van der Waals surface area contributed by atoms with Crippen molar-refractivity contribution in [2.45, 2.75) is 47.0 Å². The molecule has 1 aliphatic heterocycles. The first-order valence-electron chi connectivity index (χ1n) is 8.04. The summed E-state index contributed by atoms with van der Waals surface area (Å²) in [6.07, 6.45) is 3.08. The van der Waals surface area contributed by atoms with Crippen molar-refractivity contribution in [3.05, 3.63) is 28.3 Å². The Morgan fingerprint density at radius 1 is 1.33 bits per heavy atom. The van der Waals surface area contributed by atoms with E-state index in [1.165, 1.54) is 0 Å². The third-order valence-corrected chi connectivity index (χ3v) is 4.42. The van der Waals surface area contributed by atoms with E-state index in [9.17, 15) is 4.79 Å². The Balaban J connectivity index is 2.31.